The molecule has 0 radical (unpaired) electrons. The number of benzene rings is 1. The maximum atomic E-state index is 12.3. The number of para-hydroxylation sites is 1. The van der Waals surface area contributed by atoms with Gasteiger partial charge < -0.3 is 20.9 Å². The molecule has 2 aliphatic heterocycles. The van der Waals surface area contributed by atoms with Crippen LogP contribution in [0.3, 0.4) is 0 Å². The third-order valence-electron chi connectivity index (χ3n) is 5.29. The van der Waals surface area contributed by atoms with E-state index in [9.17, 15) is 4.79 Å². The number of anilines is 1. The molecule has 1 fully saturated rings. The van der Waals surface area contributed by atoms with E-state index in [0.29, 0.717) is 6.54 Å². The zero-order valence-corrected chi connectivity index (χ0v) is 14.5. The molecule has 2 aliphatic rings. The van der Waals surface area contributed by atoms with Crippen molar-refractivity contribution in [2.24, 2.45) is 11.7 Å². The Bertz CT molecular complexity index is 540. The number of hydrogen-bond acceptors (Lipinski definition) is 4. The van der Waals surface area contributed by atoms with Gasteiger partial charge in [0.05, 0.1) is 0 Å². The molecule has 0 spiro atoms. The van der Waals surface area contributed by atoms with Crippen LogP contribution in [-0.4, -0.2) is 56.6 Å². The third kappa shape index (κ3) is 4.28. The van der Waals surface area contributed by atoms with Crippen molar-refractivity contribution in [1.29, 1.82) is 0 Å². The zero-order valence-electron chi connectivity index (χ0n) is 14.5. The van der Waals surface area contributed by atoms with Gasteiger partial charge in [0.2, 0.25) is 5.91 Å². The molecule has 3 N–H and O–H groups in total. The second-order valence-corrected chi connectivity index (χ2v) is 6.91. The van der Waals surface area contributed by atoms with Gasteiger partial charge in [0, 0.05) is 44.3 Å². The molecule has 0 aromatic heterocycles. The van der Waals surface area contributed by atoms with E-state index >= 15 is 0 Å². The van der Waals surface area contributed by atoms with E-state index < -0.39 is 0 Å². The summed E-state index contributed by atoms with van der Waals surface area (Å²) in [5, 5.41) is 3.14. The quantitative estimate of drug-likeness (QED) is 0.738. The second-order valence-electron chi connectivity index (χ2n) is 6.91. The van der Waals surface area contributed by atoms with Gasteiger partial charge in [-0.25, -0.2) is 0 Å². The van der Waals surface area contributed by atoms with E-state index in [2.05, 4.69) is 39.4 Å². The summed E-state index contributed by atoms with van der Waals surface area (Å²) in [7, 11) is 0. The Kier molecular flexibility index (Phi) is 6.10. The topological polar surface area (TPSA) is 61.6 Å². The van der Waals surface area contributed by atoms with Gasteiger partial charge in [0.25, 0.3) is 0 Å². The SMILES string of the molecule is NCCN1CCC(C(=O)NCCCN2CCc3ccccc32)CC1. The summed E-state index contributed by atoms with van der Waals surface area (Å²) in [6, 6.07) is 8.64. The maximum absolute atomic E-state index is 12.3. The van der Waals surface area contributed by atoms with Gasteiger partial charge in [-0.3, -0.25) is 4.79 Å². The standard InChI is InChI=1S/C19H30N4O/c20-9-15-22-12-6-17(7-13-22)19(24)21-10-3-11-23-14-8-16-4-1-2-5-18(16)23/h1-2,4-5,17H,3,6-15,20H2,(H,21,24). The number of fused-ring (bicyclic) bond motifs is 1. The molecule has 0 atom stereocenters. The van der Waals surface area contributed by atoms with Gasteiger partial charge in [0.1, 0.15) is 0 Å². The van der Waals surface area contributed by atoms with Gasteiger partial charge in [-0.2, -0.15) is 0 Å². The highest BCUT2D eigenvalue weighted by Gasteiger charge is 2.24. The minimum absolute atomic E-state index is 0.187. The van der Waals surface area contributed by atoms with Crippen molar-refractivity contribution in [3.8, 4) is 0 Å². The monoisotopic (exact) mass is 330 g/mol. The van der Waals surface area contributed by atoms with Gasteiger partial charge >= 0.3 is 0 Å². The highest BCUT2D eigenvalue weighted by Crippen LogP contribution is 2.27. The Morgan fingerprint density at radius 2 is 1.96 bits per heavy atom. The van der Waals surface area contributed by atoms with Crippen LogP contribution in [0, 0.1) is 5.92 Å². The van der Waals surface area contributed by atoms with Crippen molar-refractivity contribution in [2.75, 3.05) is 50.7 Å². The first kappa shape index (κ1) is 17.2. The summed E-state index contributed by atoms with van der Waals surface area (Å²) in [5.74, 6) is 0.427. The zero-order chi connectivity index (χ0) is 16.8. The van der Waals surface area contributed by atoms with Crippen LogP contribution >= 0.6 is 0 Å². The first-order valence-corrected chi connectivity index (χ1v) is 9.31. The largest absolute Gasteiger partial charge is 0.371 e. The number of hydrogen-bond donors (Lipinski definition) is 2. The molecule has 0 saturated carbocycles. The molecule has 0 bridgehead atoms. The first-order valence-electron chi connectivity index (χ1n) is 9.31. The van der Waals surface area contributed by atoms with E-state index in [4.69, 9.17) is 5.73 Å². The van der Waals surface area contributed by atoms with Crippen molar-refractivity contribution < 1.29 is 4.79 Å². The van der Waals surface area contributed by atoms with E-state index in [1.54, 1.807) is 0 Å². The van der Waals surface area contributed by atoms with Crippen LogP contribution in [0.15, 0.2) is 24.3 Å². The molecule has 132 valence electrons. The first-order chi connectivity index (χ1) is 11.8. The number of nitrogens with two attached hydrogens (primary N) is 1. The fourth-order valence-electron chi connectivity index (χ4n) is 3.87. The van der Waals surface area contributed by atoms with Gasteiger partial charge in [0.15, 0.2) is 0 Å². The molecule has 3 rings (SSSR count). The fourth-order valence-corrected chi connectivity index (χ4v) is 3.87. The lowest BCUT2D eigenvalue weighted by atomic mass is 9.96. The number of nitrogens with one attached hydrogen (secondary N) is 1. The van der Waals surface area contributed by atoms with Crippen molar-refractivity contribution >= 4 is 11.6 Å². The molecule has 0 aliphatic carbocycles. The number of rotatable bonds is 7. The summed E-state index contributed by atoms with van der Waals surface area (Å²) >= 11 is 0. The molecule has 2 heterocycles. The lowest BCUT2D eigenvalue weighted by molar-refractivity contribution is -0.126. The van der Waals surface area contributed by atoms with Gasteiger partial charge in [-0.1, -0.05) is 18.2 Å². The predicted octanol–water partition coefficient (Wildman–Crippen LogP) is 1.23. The Morgan fingerprint density at radius 3 is 2.75 bits per heavy atom. The van der Waals surface area contributed by atoms with E-state index in [-0.39, 0.29) is 11.8 Å². The molecule has 5 nitrogen and oxygen atoms in total. The Labute approximate surface area is 145 Å². The molecule has 0 unspecified atom stereocenters. The fraction of sp³-hybridized carbons (Fsp3) is 0.632. The van der Waals surface area contributed by atoms with Gasteiger partial charge in [-0.15, -0.1) is 0 Å². The van der Waals surface area contributed by atoms with Crippen molar-refractivity contribution in [3.63, 3.8) is 0 Å². The third-order valence-corrected chi connectivity index (χ3v) is 5.29. The Morgan fingerprint density at radius 1 is 1.17 bits per heavy atom. The average molecular weight is 330 g/mol. The number of likely N-dealkylation sites (tertiary alicyclic amines) is 1. The van der Waals surface area contributed by atoms with Crippen LogP contribution < -0.4 is 16.0 Å². The molecule has 24 heavy (non-hydrogen) atoms. The summed E-state index contributed by atoms with van der Waals surface area (Å²) < 4.78 is 0. The molecular formula is C19H30N4O. The van der Waals surface area contributed by atoms with Crippen LogP contribution in [0.2, 0.25) is 0 Å². The molecular weight excluding hydrogens is 300 g/mol. The number of nitrogens with zero attached hydrogens (tertiary/aromatic N) is 2. The molecule has 1 aromatic carbocycles. The molecule has 1 aromatic rings. The number of piperidine rings is 1. The highest BCUT2D eigenvalue weighted by molar-refractivity contribution is 5.78. The smallest absolute Gasteiger partial charge is 0.223 e. The normalized spacial score (nSPS) is 18.6. The predicted molar refractivity (Wildman–Crippen MR) is 98.2 cm³/mol. The van der Waals surface area contributed by atoms with Crippen LogP contribution in [0.5, 0.6) is 0 Å². The minimum Gasteiger partial charge on any atom is -0.371 e. The van der Waals surface area contributed by atoms with E-state index in [0.717, 1.165) is 65.0 Å². The summed E-state index contributed by atoms with van der Waals surface area (Å²) in [6.45, 7) is 6.56. The lowest BCUT2D eigenvalue weighted by Gasteiger charge is -2.30. The lowest BCUT2D eigenvalue weighted by Crippen LogP contribution is -2.42. The molecule has 5 heteroatoms. The van der Waals surface area contributed by atoms with E-state index in [1.807, 2.05) is 0 Å². The van der Waals surface area contributed by atoms with E-state index in [1.165, 1.54) is 11.3 Å². The van der Waals surface area contributed by atoms with Gasteiger partial charge in [-0.05, 0) is 50.4 Å². The molecule has 1 amide bonds. The number of amides is 1. The molecule has 1 saturated heterocycles. The van der Waals surface area contributed by atoms with Crippen LogP contribution in [0.4, 0.5) is 5.69 Å². The van der Waals surface area contributed by atoms with Crippen LogP contribution in [0.25, 0.3) is 0 Å². The summed E-state index contributed by atoms with van der Waals surface area (Å²) in [6.07, 6.45) is 4.08. The minimum atomic E-state index is 0.187. The number of carbonyl (C=O) groups excluding carboxylic acids is 1. The van der Waals surface area contributed by atoms with Crippen LogP contribution in [0.1, 0.15) is 24.8 Å². The van der Waals surface area contributed by atoms with Crippen LogP contribution in [-0.2, 0) is 11.2 Å². The second kappa shape index (κ2) is 8.49. The Hall–Kier alpha value is -1.59. The Balaban J connectivity index is 1.33. The summed E-state index contributed by atoms with van der Waals surface area (Å²) in [5.41, 5.74) is 8.41. The summed E-state index contributed by atoms with van der Waals surface area (Å²) in [4.78, 5) is 17.1. The number of carbonyl (C=O) groups is 1. The van der Waals surface area contributed by atoms with Crippen molar-refractivity contribution in [3.05, 3.63) is 29.8 Å². The maximum Gasteiger partial charge on any atom is 0.223 e. The highest BCUT2D eigenvalue weighted by atomic mass is 16.1. The average Bonchev–Trinajstić information content (AvgIpc) is 3.03. The van der Waals surface area contributed by atoms with Crippen molar-refractivity contribution in [1.82, 2.24) is 10.2 Å². The van der Waals surface area contributed by atoms with Crippen molar-refractivity contribution in [2.45, 2.75) is 25.7 Å².